The SMILES string of the molecule is CCC(C)(NC(=O)c1ocnc1C)C(=O)O. The minimum Gasteiger partial charge on any atom is -0.480 e. The summed E-state index contributed by atoms with van der Waals surface area (Å²) in [6, 6.07) is 0. The van der Waals surface area contributed by atoms with Crippen LogP contribution in [-0.2, 0) is 4.79 Å². The molecule has 16 heavy (non-hydrogen) atoms. The molecule has 0 saturated heterocycles. The van der Waals surface area contributed by atoms with Gasteiger partial charge < -0.3 is 14.8 Å². The lowest BCUT2D eigenvalue weighted by atomic mass is 9.99. The molecule has 1 unspecified atom stereocenters. The van der Waals surface area contributed by atoms with Crippen LogP contribution in [0.5, 0.6) is 0 Å². The van der Waals surface area contributed by atoms with Crippen LogP contribution in [0.15, 0.2) is 10.8 Å². The summed E-state index contributed by atoms with van der Waals surface area (Å²) in [4.78, 5) is 26.4. The summed E-state index contributed by atoms with van der Waals surface area (Å²) < 4.78 is 4.88. The molecular weight excluding hydrogens is 212 g/mol. The van der Waals surface area contributed by atoms with Gasteiger partial charge in [-0.05, 0) is 20.3 Å². The highest BCUT2D eigenvalue weighted by molar-refractivity contribution is 5.96. The van der Waals surface area contributed by atoms with Crippen molar-refractivity contribution >= 4 is 11.9 Å². The Balaban J connectivity index is 2.86. The summed E-state index contributed by atoms with van der Waals surface area (Å²) in [5.74, 6) is -1.61. The second kappa shape index (κ2) is 4.34. The number of carboxylic acids is 1. The number of oxazole rings is 1. The second-order valence-corrected chi connectivity index (χ2v) is 3.71. The Hall–Kier alpha value is -1.85. The number of amides is 1. The van der Waals surface area contributed by atoms with Gasteiger partial charge in [0, 0.05) is 0 Å². The molecule has 1 aromatic rings. The van der Waals surface area contributed by atoms with E-state index in [9.17, 15) is 9.59 Å². The molecule has 0 aromatic carbocycles. The van der Waals surface area contributed by atoms with Gasteiger partial charge >= 0.3 is 5.97 Å². The maximum absolute atomic E-state index is 11.7. The van der Waals surface area contributed by atoms with Gasteiger partial charge in [0.15, 0.2) is 6.39 Å². The number of nitrogens with one attached hydrogen (secondary N) is 1. The number of carboxylic acid groups (broad SMARTS) is 1. The molecule has 0 spiro atoms. The highest BCUT2D eigenvalue weighted by atomic mass is 16.4. The van der Waals surface area contributed by atoms with Gasteiger partial charge in [-0.3, -0.25) is 4.79 Å². The Labute approximate surface area is 92.7 Å². The van der Waals surface area contributed by atoms with Crippen LogP contribution in [0.2, 0.25) is 0 Å². The molecule has 1 atom stereocenters. The summed E-state index contributed by atoms with van der Waals surface area (Å²) in [5, 5.41) is 11.4. The van der Waals surface area contributed by atoms with E-state index in [1.165, 1.54) is 6.92 Å². The number of rotatable bonds is 4. The highest BCUT2D eigenvalue weighted by Gasteiger charge is 2.34. The van der Waals surface area contributed by atoms with Crippen LogP contribution in [0.3, 0.4) is 0 Å². The van der Waals surface area contributed by atoms with Gasteiger partial charge in [0.05, 0.1) is 5.69 Å². The van der Waals surface area contributed by atoms with Crippen molar-refractivity contribution in [1.82, 2.24) is 10.3 Å². The van der Waals surface area contributed by atoms with E-state index in [1.54, 1.807) is 13.8 Å². The standard InChI is InChI=1S/C10H14N2O4/c1-4-10(3,9(14)15)12-8(13)7-6(2)11-5-16-7/h5H,4H2,1-3H3,(H,12,13)(H,14,15). The van der Waals surface area contributed by atoms with Crippen molar-refractivity contribution in [2.24, 2.45) is 0 Å². The van der Waals surface area contributed by atoms with E-state index in [4.69, 9.17) is 9.52 Å². The largest absolute Gasteiger partial charge is 0.480 e. The van der Waals surface area contributed by atoms with Crippen LogP contribution in [0.1, 0.15) is 36.5 Å². The van der Waals surface area contributed by atoms with Crippen LogP contribution < -0.4 is 5.32 Å². The van der Waals surface area contributed by atoms with Crippen LogP contribution in [0.4, 0.5) is 0 Å². The van der Waals surface area contributed by atoms with E-state index >= 15 is 0 Å². The van der Waals surface area contributed by atoms with E-state index in [-0.39, 0.29) is 12.2 Å². The zero-order valence-corrected chi connectivity index (χ0v) is 9.40. The smallest absolute Gasteiger partial charge is 0.329 e. The third kappa shape index (κ3) is 2.21. The highest BCUT2D eigenvalue weighted by Crippen LogP contribution is 2.12. The Kier molecular flexibility index (Phi) is 3.31. The predicted octanol–water partition coefficient (Wildman–Crippen LogP) is 0.966. The van der Waals surface area contributed by atoms with E-state index in [0.717, 1.165) is 6.39 Å². The van der Waals surface area contributed by atoms with Crippen LogP contribution in [0.25, 0.3) is 0 Å². The normalized spacial score (nSPS) is 14.2. The van der Waals surface area contributed by atoms with E-state index in [1.807, 2.05) is 0 Å². The first-order valence-electron chi connectivity index (χ1n) is 4.86. The monoisotopic (exact) mass is 226 g/mol. The number of nitrogens with zero attached hydrogens (tertiary/aromatic N) is 1. The third-order valence-electron chi connectivity index (χ3n) is 2.52. The Morgan fingerprint density at radius 2 is 2.25 bits per heavy atom. The fraction of sp³-hybridized carbons (Fsp3) is 0.500. The molecule has 0 aliphatic rings. The molecule has 88 valence electrons. The van der Waals surface area contributed by atoms with Gasteiger partial charge in [0.25, 0.3) is 5.91 Å². The van der Waals surface area contributed by atoms with E-state index < -0.39 is 17.4 Å². The molecular formula is C10H14N2O4. The van der Waals surface area contributed by atoms with Gasteiger partial charge in [-0.15, -0.1) is 0 Å². The zero-order valence-electron chi connectivity index (χ0n) is 9.40. The topological polar surface area (TPSA) is 92.4 Å². The number of carbonyl (C=O) groups excluding carboxylic acids is 1. The number of hydrogen-bond donors (Lipinski definition) is 2. The van der Waals surface area contributed by atoms with Crippen LogP contribution >= 0.6 is 0 Å². The molecule has 1 heterocycles. The summed E-state index contributed by atoms with van der Waals surface area (Å²) in [6.45, 7) is 4.74. The first kappa shape index (κ1) is 12.2. The number of aromatic nitrogens is 1. The molecule has 2 N–H and O–H groups in total. The summed E-state index contributed by atoms with van der Waals surface area (Å²) in [5.41, 5.74) is -0.864. The minimum absolute atomic E-state index is 0.0425. The van der Waals surface area contributed by atoms with Crippen molar-refractivity contribution in [3.63, 3.8) is 0 Å². The van der Waals surface area contributed by atoms with Gasteiger partial charge in [-0.1, -0.05) is 6.92 Å². The third-order valence-corrected chi connectivity index (χ3v) is 2.52. The van der Waals surface area contributed by atoms with Gasteiger partial charge in [0.2, 0.25) is 5.76 Å². The molecule has 1 aromatic heterocycles. The first-order chi connectivity index (χ1) is 7.40. The van der Waals surface area contributed by atoms with Gasteiger partial charge in [-0.25, -0.2) is 9.78 Å². The maximum Gasteiger partial charge on any atom is 0.329 e. The second-order valence-electron chi connectivity index (χ2n) is 3.71. The Morgan fingerprint density at radius 3 is 2.62 bits per heavy atom. The van der Waals surface area contributed by atoms with Gasteiger partial charge in [-0.2, -0.15) is 0 Å². The van der Waals surface area contributed by atoms with Crippen molar-refractivity contribution in [3.8, 4) is 0 Å². The molecule has 0 aliphatic heterocycles. The van der Waals surface area contributed by atoms with Crippen molar-refractivity contribution in [2.45, 2.75) is 32.7 Å². The van der Waals surface area contributed by atoms with Crippen LogP contribution in [0, 0.1) is 6.92 Å². The number of aliphatic carboxylic acids is 1. The zero-order chi connectivity index (χ0) is 12.3. The molecule has 0 bridgehead atoms. The lowest BCUT2D eigenvalue weighted by Crippen LogP contribution is -2.51. The molecule has 0 saturated carbocycles. The minimum atomic E-state index is -1.30. The summed E-state index contributed by atoms with van der Waals surface area (Å²) in [7, 11) is 0. The average Bonchev–Trinajstić information content (AvgIpc) is 2.64. The van der Waals surface area contributed by atoms with Crippen LogP contribution in [-0.4, -0.2) is 27.5 Å². The van der Waals surface area contributed by atoms with E-state index in [0.29, 0.717) is 5.69 Å². The lowest BCUT2D eigenvalue weighted by molar-refractivity contribution is -0.143. The van der Waals surface area contributed by atoms with Crippen molar-refractivity contribution < 1.29 is 19.1 Å². The predicted molar refractivity (Wildman–Crippen MR) is 55.0 cm³/mol. The molecule has 6 nitrogen and oxygen atoms in total. The quantitative estimate of drug-likeness (QED) is 0.797. The van der Waals surface area contributed by atoms with Crippen molar-refractivity contribution in [3.05, 3.63) is 17.8 Å². The average molecular weight is 226 g/mol. The Bertz CT molecular complexity index is 413. The lowest BCUT2D eigenvalue weighted by Gasteiger charge is -2.23. The molecule has 0 aliphatic carbocycles. The summed E-state index contributed by atoms with van der Waals surface area (Å²) >= 11 is 0. The summed E-state index contributed by atoms with van der Waals surface area (Å²) in [6.07, 6.45) is 1.43. The van der Waals surface area contributed by atoms with E-state index in [2.05, 4.69) is 10.3 Å². The molecule has 0 fully saturated rings. The fourth-order valence-electron chi connectivity index (χ4n) is 1.12. The number of hydrogen-bond acceptors (Lipinski definition) is 4. The maximum atomic E-state index is 11.7. The number of aryl methyl sites for hydroxylation is 1. The van der Waals surface area contributed by atoms with Gasteiger partial charge in [0.1, 0.15) is 5.54 Å². The number of carbonyl (C=O) groups is 2. The molecule has 0 radical (unpaired) electrons. The fourth-order valence-corrected chi connectivity index (χ4v) is 1.12. The molecule has 1 rings (SSSR count). The van der Waals surface area contributed by atoms with Crippen molar-refractivity contribution in [2.75, 3.05) is 0 Å². The van der Waals surface area contributed by atoms with Crippen molar-refractivity contribution in [1.29, 1.82) is 0 Å². The Morgan fingerprint density at radius 1 is 1.62 bits per heavy atom. The molecule has 1 amide bonds. The first-order valence-corrected chi connectivity index (χ1v) is 4.86. The molecule has 6 heteroatoms.